The van der Waals surface area contributed by atoms with Gasteiger partial charge in [-0.2, -0.15) is 5.21 Å². The first-order valence-electron chi connectivity index (χ1n) is 7.86. The van der Waals surface area contributed by atoms with Crippen molar-refractivity contribution < 1.29 is 14.6 Å². The number of tetrazole rings is 1. The van der Waals surface area contributed by atoms with Crippen LogP contribution in [0.1, 0.15) is 47.9 Å². The fourth-order valence-corrected chi connectivity index (χ4v) is 2.31. The van der Waals surface area contributed by atoms with Crippen molar-refractivity contribution in [1.82, 2.24) is 20.6 Å². The van der Waals surface area contributed by atoms with Crippen LogP contribution in [-0.4, -0.2) is 44.7 Å². The second kappa shape index (κ2) is 8.99. The van der Waals surface area contributed by atoms with Gasteiger partial charge >= 0.3 is 0 Å². The monoisotopic (exact) mass is 318 g/mol. The lowest BCUT2D eigenvalue weighted by Gasteiger charge is -2.12. The van der Waals surface area contributed by atoms with Gasteiger partial charge in [0.2, 0.25) is 0 Å². The van der Waals surface area contributed by atoms with E-state index >= 15 is 0 Å². The maximum absolute atomic E-state index is 11.6. The molecule has 1 aromatic carbocycles. The quantitative estimate of drug-likeness (QED) is 0.511. The zero-order valence-electron chi connectivity index (χ0n) is 13.3. The van der Waals surface area contributed by atoms with E-state index in [1.54, 1.807) is 6.07 Å². The molecule has 0 bridgehead atoms. The Morgan fingerprint density at radius 1 is 1.30 bits per heavy atom. The molecule has 1 heterocycles. The molecule has 2 N–H and O–H groups in total. The number of aromatic nitrogens is 4. The van der Waals surface area contributed by atoms with E-state index in [4.69, 9.17) is 9.84 Å². The van der Waals surface area contributed by atoms with Crippen LogP contribution in [0.3, 0.4) is 0 Å². The zero-order valence-corrected chi connectivity index (χ0v) is 13.3. The van der Waals surface area contributed by atoms with Crippen molar-refractivity contribution >= 4 is 5.78 Å². The number of carbonyl (C=O) groups excluding carboxylic acids is 1. The molecule has 0 amide bonds. The topological polar surface area (TPSA) is 101 Å². The van der Waals surface area contributed by atoms with Crippen molar-refractivity contribution in [3.8, 4) is 5.75 Å². The van der Waals surface area contributed by atoms with E-state index in [9.17, 15) is 4.79 Å². The number of hydrogen-bond acceptors (Lipinski definition) is 6. The maximum Gasteiger partial charge on any atom is 0.188 e. The molecule has 0 saturated carbocycles. The standard InChI is InChI=1S/C16H22N4O3/c1-2-5-13-10-12(14(22)11-21)7-8-15(13)23-9-4-3-6-16-17-19-20-18-16/h7-8,10,21H,2-6,9,11H2,1H3,(H,17,18,19,20). The number of benzene rings is 1. The number of Topliss-reactive ketones (excluding diaryl/α,β-unsaturated/α-hetero) is 1. The van der Waals surface area contributed by atoms with Crippen LogP contribution in [0.2, 0.25) is 0 Å². The summed E-state index contributed by atoms with van der Waals surface area (Å²) in [5.41, 5.74) is 1.53. The van der Waals surface area contributed by atoms with Gasteiger partial charge in [0, 0.05) is 12.0 Å². The van der Waals surface area contributed by atoms with Crippen LogP contribution in [0.15, 0.2) is 18.2 Å². The molecule has 7 nitrogen and oxygen atoms in total. The number of nitrogens with one attached hydrogen (secondary N) is 1. The normalized spacial score (nSPS) is 10.7. The average molecular weight is 318 g/mol. The van der Waals surface area contributed by atoms with Crippen LogP contribution in [0.4, 0.5) is 0 Å². The van der Waals surface area contributed by atoms with Crippen molar-refractivity contribution in [2.24, 2.45) is 0 Å². The van der Waals surface area contributed by atoms with Gasteiger partial charge in [0.15, 0.2) is 11.6 Å². The van der Waals surface area contributed by atoms with Crippen LogP contribution < -0.4 is 4.74 Å². The van der Waals surface area contributed by atoms with Crippen molar-refractivity contribution in [2.75, 3.05) is 13.2 Å². The molecule has 0 aliphatic heterocycles. The number of ketones is 1. The minimum atomic E-state index is -0.470. The van der Waals surface area contributed by atoms with Gasteiger partial charge in [-0.25, -0.2) is 0 Å². The van der Waals surface area contributed by atoms with Crippen LogP contribution in [0, 0.1) is 0 Å². The molecular formula is C16H22N4O3. The first-order valence-corrected chi connectivity index (χ1v) is 7.86. The number of ether oxygens (including phenoxy) is 1. The third-order valence-corrected chi connectivity index (χ3v) is 3.49. The van der Waals surface area contributed by atoms with Gasteiger partial charge < -0.3 is 9.84 Å². The summed E-state index contributed by atoms with van der Waals surface area (Å²) in [5, 5.41) is 22.7. The number of carbonyl (C=O) groups is 1. The number of aromatic amines is 1. The number of unbranched alkanes of at least 4 members (excludes halogenated alkanes) is 1. The highest BCUT2D eigenvalue weighted by atomic mass is 16.5. The van der Waals surface area contributed by atoms with Crippen LogP contribution in [0.5, 0.6) is 5.75 Å². The molecule has 2 aromatic rings. The Labute approximate surface area is 135 Å². The molecular weight excluding hydrogens is 296 g/mol. The van der Waals surface area contributed by atoms with Crippen molar-refractivity contribution in [1.29, 1.82) is 0 Å². The Hall–Kier alpha value is -2.28. The predicted octanol–water partition coefficient (Wildman–Crippen LogP) is 1.73. The molecule has 0 radical (unpaired) electrons. The lowest BCUT2D eigenvalue weighted by atomic mass is 10.0. The number of aryl methyl sites for hydroxylation is 2. The molecule has 23 heavy (non-hydrogen) atoms. The second-order valence-electron chi connectivity index (χ2n) is 5.29. The Balaban J connectivity index is 1.86. The lowest BCUT2D eigenvalue weighted by molar-refractivity contribution is 0.0903. The zero-order chi connectivity index (χ0) is 16.5. The Kier molecular flexibility index (Phi) is 6.68. The predicted molar refractivity (Wildman–Crippen MR) is 84.5 cm³/mol. The molecule has 0 aliphatic carbocycles. The van der Waals surface area contributed by atoms with Crippen LogP contribution in [0.25, 0.3) is 0 Å². The third kappa shape index (κ3) is 5.14. The van der Waals surface area contributed by atoms with Crippen LogP contribution >= 0.6 is 0 Å². The molecule has 0 fully saturated rings. The number of H-pyrrole nitrogens is 1. The van der Waals surface area contributed by atoms with E-state index in [-0.39, 0.29) is 5.78 Å². The number of hydrogen-bond donors (Lipinski definition) is 2. The number of nitrogens with zero attached hydrogens (tertiary/aromatic N) is 3. The minimum absolute atomic E-state index is 0.269. The molecule has 2 rings (SSSR count). The highest BCUT2D eigenvalue weighted by molar-refractivity contribution is 5.97. The average Bonchev–Trinajstić information content (AvgIpc) is 3.08. The number of aliphatic hydroxyl groups is 1. The van der Waals surface area contributed by atoms with Crippen molar-refractivity contribution in [3.63, 3.8) is 0 Å². The van der Waals surface area contributed by atoms with Gasteiger partial charge in [-0.3, -0.25) is 4.79 Å². The van der Waals surface area contributed by atoms with Gasteiger partial charge in [-0.05, 0) is 43.0 Å². The number of rotatable bonds is 10. The first-order chi connectivity index (χ1) is 11.2. The third-order valence-electron chi connectivity index (χ3n) is 3.49. The van der Waals surface area contributed by atoms with E-state index in [0.29, 0.717) is 18.0 Å². The summed E-state index contributed by atoms with van der Waals surface area (Å²) in [6, 6.07) is 5.33. The molecule has 1 aromatic heterocycles. The van der Waals surface area contributed by atoms with Gasteiger partial charge in [0.25, 0.3) is 0 Å². The Morgan fingerprint density at radius 3 is 2.87 bits per heavy atom. The van der Waals surface area contributed by atoms with Gasteiger partial charge in [-0.15, -0.1) is 10.2 Å². The first kappa shape index (κ1) is 17.1. The summed E-state index contributed by atoms with van der Waals surface area (Å²) < 4.78 is 5.84. The Morgan fingerprint density at radius 2 is 2.17 bits per heavy atom. The van der Waals surface area contributed by atoms with Crippen molar-refractivity contribution in [2.45, 2.75) is 39.0 Å². The van der Waals surface area contributed by atoms with E-state index in [1.807, 2.05) is 12.1 Å². The summed E-state index contributed by atoms with van der Waals surface area (Å²) >= 11 is 0. The molecule has 124 valence electrons. The van der Waals surface area contributed by atoms with E-state index in [1.165, 1.54) is 0 Å². The highest BCUT2D eigenvalue weighted by Gasteiger charge is 2.09. The molecule has 0 atom stereocenters. The summed E-state index contributed by atoms with van der Waals surface area (Å²) in [5.74, 6) is 1.25. The van der Waals surface area contributed by atoms with Crippen LogP contribution in [-0.2, 0) is 12.8 Å². The summed E-state index contributed by atoms with van der Waals surface area (Å²) in [4.78, 5) is 11.6. The summed E-state index contributed by atoms with van der Waals surface area (Å²) in [6.07, 6.45) is 4.38. The fourth-order valence-electron chi connectivity index (χ4n) is 2.31. The summed E-state index contributed by atoms with van der Waals surface area (Å²) in [7, 11) is 0. The fraction of sp³-hybridized carbons (Fsp3) is 0.500. The molecule has 0 saturated heterocycles. The van der Waals surface area contributed by atoms with Crippen molar-refractivity contribution in [3.05, 3.63) is 35.2 Å². The molecule has 0 spiro atoms. The van der Waals surface area contributed by atoms with Gasteiger partial charge in [0.1, 0.15) is 12.4 Å². The van der Waals surface area contributed by atoms with Gasteiger partial charge in [-0.1, -0.05) is 18.6 Å². The lowest BCUT2D eigenvalue weighted by Crippen LogP contribution is -2.07. The summed E-state index contributed by atoms with van der Waals surface area (Å²) in [6.45, 7) is 2.21. The highest BCUT2D eigenvalue weighted by Crippen LogP contribution is 2.22. The molecule has 0 unspecified atom stereocenters. The Bertz CT molecular complexity index is 614. The van der Waals surface area contributed by atoms with Gasteiger partial charge in [0.05, 0.1) is 6.61 Å². The second-order valence-corrected chi connectivity index (χ2v) is 5.29. The molecule has 0 aliphatic rings. The van der Waals surface area contributed by atoms with E-state index < -0.39 is 6.61 Å². The maximum atomic E-state index is 11.6. The smallest absolute Gasteiger partial charge is 0.188 e. The number of aliphatic hydroxyl groups excluding tert-OH is 1. The SMILES string of the molecule is CCCc1cc(C(=O)CO)ccc1OCCCCc1nn[nH]n1. The van der Waals surface area contributed by atoms with E-state index in [2.05, 4.69) is 27.5 Å². The molecule has 7 heteroatoms. The minimum Gasteiger partial charge on any atom is -0.493 e. The largest absolute Gasteiger partial charge is 0.493 e. The van der Waals surface area contributed by atoms with E-state index in [0.717, 1.165) is 43.4 Å².